The maximum Gasteiger partial charge on any atom is 0.258 e. The van der Waals surface area contributed by atoms with Gasteiger partial charge in [-0.1, -0.05) is 49.2 Å². The molecule has 2 aromatic rings. The Morgan fingerprint density at radius 3 is 2.55 bits per heavy atom. The van der Waals surface area contributed by atoms with Crippen molar-refractivity contribution in [1.29, 1.82) is 0 Å². The van der Waals surface area contributed by atoms with Crippen molar-refractivity contribution >= 4 is 34.8 Å². The zero-order valence-corrected chi connectivity index (χ0v) is 14.1. The molecule has 2 aromatic carbocycles. The van der Waals surface area contributed by atoms with Gasteiger partial charge < -0.3 is 4.90 Å². The first-order chi connectivity index (χ1) is 10.5. The summed E-state index contributed by atoms with van der Waals surface area (Å²) in [5.74, 6) is 0.458. The van der Waals surface area contributed by atoms with Crippen LogP contribution in [0.2, 0.25) is 10.0 Å². The predicted molar refractivity (Wildman–Crippen MR) is 92.4 cm³/mol. The van der Waals surface area contributed by atoms with E-state index in [-0.39, 0.29) is 5.91 Å². The zero-order valence-electron chi connectivity index (χ0n) is 12.6. The third kappa shape index (κ3) is 2.73. The monoisotopic (exact) mass is 333 g/mol. The van der Waals surface area contributed by atoms with Gasteiger partial charge in [-0.2, -0.15) is 0 Å². The van der Waals surface area contributed by atoms with Crippen LogP contribution >= 0.6 is 23.2 Å². The van der Waals surface area contributed by atoms with Gasteiger partial charge in [0.05, 0.1) is 10.0 Å². The Morgan fingerprint density at radius 2 is 1.86 bits per heavy atom. The molecule has 2 nitrogen and oxygen atoms in total. The molecule has 1 amide bonds. The molecule has 1 heterocycles. The van der Waals surface area contributed by atoms with Gasteiger partial charge in [0, 0.05) is 17.8 Å². The molecule has 0 radical (unpaired) electrons. The summed E-state index contributed by atoms with van der Waals surface area (Å²) >= 11 is 11.9. The molecule has 0 atom stereocenters. The molecule has 22 heavy (non-hydrogen) atoms. The van der Waals surface area contributed by atoms with Crippen LogP contribution in [0.4, 0.5) is 5.69 Å². The second kappa shape index (κ2) is 5.94. The highest BCUT2D eigenvalue weighted by Gasteiger charge is 2.26. The van der Waals surface area contributed by atoms with Gasteiger partial charge >= 0.3 is 0 Å². The predicted octanol–water partition coefficient (Wildman–Crippen LogP) is 5.32. The van der Waals surface area contributed by atoms with Crippen LogP contribution in [0, 0.1) is 0 Å². The van der Waals surface area contributed by atoms with Crippen LogP contribution in [0.3, 0.4) is 0 Å². The number of benzene rings is 2. The lowest BCUT2D eigenvalue weighted by Gasteiger charge is -2.18. The van der Waals surface area contributed by atoms with Crippen molar-refractivity contribution < 1.29 is 4.79 Å². The van der Waals surface area contributed by atoms with Crippen molar-refractivity contribution in [3.05, 3.63) is 63.1 Å². The number of carbonyl (C=O) groups is 1. The summed E-state index contributed by atoms with van der Waals surface area (Å²) in [6, 6.07) is 11.4. The SMILES string of the molecule is CC(C)c1ccc2c(c1)CCN2C(=O)c1ccc(Cl)c(Cl)c1. The lowest BCUT2D eigenvalue weighted by molar-refractivity contribution is 0.0989. The van der Waals surface area contributed by atoms with E-state index in [4.69, 9.17) is 23.2 Å². The van der Waals surface area contributed by atoms with Crippen LogP contribution < -0.4 is 4.90 Å². The molecule has 0 N–H and O–H groups in total. The highest BCUT2D eigenvalue weighted by Crippen LogP contribution is 2.32. The molecule has 0 aromatic heterocycles. The number of carbonyl (C=O) groups excluding carboxylic acids is 1. The highest BCUT2D eigenvalue weighted by molar-refractivity contribution is 6.42. The fraction of sp³-hybridized carbons (Fsp3) is 0.278. The zero-order chi connectivity index (χ0) is 15.9. The van der Waals surface area contributed by atoms with E-state index >= 15 is 0 Å². The molecule has 0 bridgehead atoms. The number of amides is 1. The molecule has 4 heteroatoms. The van der Waals surface area contributed by atoms with Gasteiger partial charge in [0.25, 0.3) is 5.91 Å². The number of halogens is 2. The number of hydrogen-bond acceptors (Lipinski definition) is 1. The number of fused-ring (bicyclic) bond motifs is 1. The summed E-state index contributed by atoms with van der Waals surface area (Å²) in [4.78, 5) is 14.5. The van der Waals surface area contributed by atoms with Crippen molar-refractivity contribution in [2.24, 2.45) is 0 Å². The molecule has 1 aliphatic rings. The third-order valence-electron chi connectivity index (χ3n) is 4.08. The van der Waals surface area contributed by atoms with Gasteiger partial charge in [-0.15, -0.1) is 0 Å². The van der Waals surface area contributed by atoms with Crippen molar-refractivity contribution in [3.63, 3.8) is 0 Å². The van der Waals surface area contributed by atoms with E-state index in [1.54, 1.807) is 18.2 Å². The number of hydrogen-bond donors (Lipinski definition) is 0. The van der Waals surface area contributed by atoms with Crippen molar-refractivity contribution in [3.8, 4) is 0 Å². The molecule has 1 aliphatic heterocycles. The molecule has 0 aliphatic carbocycles. The van der Waals surface area contributed by atoms with Gasteiger partial charge in [-0.05, 0) is 47.7 Å². The number of anilines is 1. The standard InChI is InChI=1S/C18H17Cl2NO/c1-11(2)12-4-6-17-13(9-12)7-8-21(17)18(22)14-3-5-15(19)16(20)10-14/h3-6,9-11H,7-8H2,1-2H3. The Balaban J connectivity index is 1.92. The first kappa shape index (κ1) is 15.4. The minimum Gasteiger partial charge on any atom is -0.308 e. The van der Waals surface area contributed by atoms with Crippen LogP contribution in [-0.2, 0) is 6.42 Å². The maximum absolute atomic E-state index is 12.7. The molecular weight excluding hydrogens is 317 g/mol. The lowest BCUT2D eigenvalue weighted by atomic mass is 10.00. The Morgan fingerprint density at radius 1 is 1.09 bits per heavy atom. The fourth-order valence-electron chi connectivity index (χ4n) is 2.78. The van der Waals surface area contributed by atoms with Crippen LogP contribution in [-0.4, -0.2) is 12.5 Å². The van der Waals surface area contributed by atoms with Crippen LogP contribution in [0.5, 0.6) is 0 Å². The molecule has 0 saturated heterocycles. The minimum atomic E-state index is -0.0328. The molecule has 114 valence electrons. The summed E-state index contributed by atoms with van der Waals surface area (Å²) in [6.45, 7) is 5.06. The molecule has 0 saturated carbocycles. The maximum atomic E-state index is 12.7. The smallest absolute Gasteiger partial charge is 0.258 e. The van der Waals surface area contributed by atoms with Gasteiger partial charge in [0.15, 0.2) is 0 Å². The minimum absolute atomic E-state index is 0.0328. The number of nitrogens with zero attached hydrogens (tertiary/aromatic N) is 1. The average Bonchev–Trinajstić information content (AvgIpc) is 2.92. The van der Waals surface area contributed by atoms with E-state index in [0.29, 0.717) is 28.1 Å². The van der Waals surface area contributed by atoms with Crippen molar-refractivity contribution in [2.75, 3.05) is 11.4 Å². The van der Waals surface area contributed by atoms with E-state index in [0.717, 1.165) is 12.1 Å². The van der Waals surface area contributed by atoms with E-state index in [1.165, 1.54) is 11.1 Å². The van der Waals surface area contributed by atoms with Gasteiger partial charge in [-0.3, -0.25) is 4.79 Å². The Labute approximate surface area is 140 Å². The third-order valence-corrected chi connectivity index (χ3v) is 4.82. The van der Waals surface area contributed by atoms with E-state index < -0.39 is 0 Å². The molecule has 0 fully saturated rings. The summed E-state index contributed by atoms with van der Waals surface area (Å²) in [5, 5.41) is 0.865. The second-order valence-corrected chi connectivity index (χ2v) is 6.69. The van der Waals surface area contributed by atoms with Crippen LogP contribution in [0.25, 0.3) is 0 Å². The first-order valence-electron chi connectivity index (χ1n) is 7.37. The summed E-state index contributed by atoms with van der Waals surface area (Å²) in [5.41, 5.74) is 4.11. The summed E-state index contributed by atoms with van der Waals surface area (Å²) in [7, 11) is 0. The summed E-state index contributed by atoms with van der Waals surface area (Å²) < 4.78 is 0. The Bertz CT molecular complexity index is 740. The van der Waals surface area contributed by atoms with Gasteiger partial charge in [-0.25, -0.2) is 0 Å². The Kier molecular flexibility index (Phi) is 4.16. The first-order valence-corrected chi connectivity index (χ1v) is 8.12. The van der Waals surface area contributed by atoms with Gasteiger partial charge in [0.1, 0.15) is 0 Å². The van der Waals surface area contributed by atoms with E-state index in [2.05, 4.69) is 26.0 Å². The lowest BCUT2D eigenvalue weighted by Crippen LogP contribution is -2.28. The Hall–Kier alpha value is -1.51. The van der Waals surface area contributed by atoms with Gasteiger partial charge in [0.2, 0.25) is 0 Å². The molecule has 3 rings (SSSR count). The average molecular weight is 334 g/mol. The van der Waals surface area contributed by atoms with Crippen LogP contribution in [0.1, 0.15) is 41.3 Å². The summed E-state index contributed by atoms with van der Waals surface area (Å²) in [6.07, 6.45) is 0.892. The fourth-order valence-corrected chi connectivity index (χ4v) is 3.07. The van der Waals surface area contributed by atoms with Crippen molar-refractivity contribution in [2.45, 2.75) is 26.2 Å². The quantitative estimate of drug-likeness (QED) is 0.728. The van der Waals surface area contributed by atoms with E-state index in [1.807, 2.05) is 11.0 Å². The second-order valence-electron chi connectivity index (χ2n) is 5.88. The largest absolute Gasteiger partial charge is 0.308 e. The molecule has 0 unspecified atom stereocenters. The topological polar surface area (TPSA) is 20.3 Å². The highest BCUT2D eigenvalue weighted by atomic mass is 35.5. The normalized spacial score (nSPS) is 13.6. The van der Waals surface area contributed by atoms with E-state index in [9.17, 15) is 4.79 Å². The molecule has 0 spiro atoms. The van der Waals surface area contributed by atoms with Crippen LogP contribution in [0.15, 0.2) is 36.4 Å². The van der Waals surface area contributed by atoms with Crippen molar-refractivity contribution in [1.82, 2.24) is 0 Å². The molecular formula is C18H17Cl2NO. The number of rotatable bonds is 2.